The van der Waals surface area contributed by atoms with E-state index in [0.29, 0.717) is 0 Å². The Bertz CT molecular complexity index is 824. The van der Waals surface area contributed by atoms with Gasteiger partial charge in [0.1, 0.15) is 17.6 Å². The van der Waals surface area contributed by atoms with Crippen LogP contribution in [-0.2, 0) is 4.74 Å². The van der Waals surface area contributed by atoms with E-state index in [1.807, 2.05) is 12.1 Å². The molecule has 29 heavy (non-hydrogen) atoms. The fraction of sp³-hybridized carbons (Fsp3) is 0.478. The molecule has 158 valence electrons. The summed E-state index contributed by atoms with van der Waals surface area (Å²) in [6.07, 6.45) is 0.694. The van der Waals surface area contributed by atoms with Gasteiger partial charge >= 0.3 is 0 Å². The molecule has 1 N–H and O–H groups in total. The first kappa shape index (κ1) is 22.6. The van der Waals surface area contributed by atoms with E-state index < -0.39 is 8.07 Å². The van der Waals surface area contributed by atoms with Crippen LogP contribution in [-0.4, -0.2) is 40.1 Å². The van der Waals surface area contributed by atoms with Crippen LogP contribution in [0.1, 0.15) is 25.0 Å². The van der Waals surface area contributed by atoms with Gasteiger partial charge in [-0.2, -0.15) is 0 Å². The van der Waals surface area contributed by atoms with Gasteiger partial charge in [0, 0.05) is 28.8 Å². The summed E-state index contributed by atoms with van der Waals surface area (Å²) in [7, 11) is 1.50. The molecule has 4 nitrogen and oxygen atoms in total. The normalized spacial score (nSPS) is 22.5. The molecule has 0 amide bonds. The van der Waals surface area contributed by atoms with E-state index in [-0.39, 0.29) is 30.3 Å². The summed E-state index contributed by atoms with van der Waals surface area (Å²) in [4.78, 5) is 0. The van der Waals surface area contributed by atoms with Crippen LogP contribution in [0.15, 0.2) is 42.5 Å². The van der Waals surface area contributed by atoms with Gasteiger partial charge < -0.3 is 19.3 Å². The number of hydrogen-bond donors (Lipinski definition) is 1. The van der Waals surface area contributed by atoms with Crippen molar-refractivity contribution in [2.75, 3.05) is 20.8 Å². The number of fused-ring (bicyclic) bond motifs is 1. The van der Waals surface area contributed by atoms with Crippen molar-refractivity contribution in [3.05, 3.63) is 51.6 Å². The Labute approximate surface area is 188 Å². The summed E-state index contributed by atoms with van der Waals surface area (Å²) in [6.45, 7) is 7.11. The lowest BCUT2D eigenvalue weighted by Crippen LogP contribution is -2.54. The number of methoxy groups -OCH3 is 2. The Kier molecular flexibility index (Phi) is 7.30. The van der Waals surface area contributed by atoms with Crippen LogP contribution in [0, 0.1) is 9.49 Å². The largest absolute Gasteiger partial charge is 0.497 e. The van der Waals surface area contributed by atoms with Crippen molar-refractivity contribution < 1.29 is 19.3 Å². The van der Waals surface area contributed by atoms with Gasteiger partial charge in [-0.1, -0.05) is 37.3 Å². The first-order valence-corrected chi connectivity index (χ1v) is 14.2. The van der Waals surface area contributed by atoms with E-state index in [2.05, 4.69) is 72.9 Å². The summed E-state index contributed by atoms with van der Waals surface area (Å²) in [5.41, 5.74) is 1.37. The van der Waals surface area contributed by atoms with Gasteiger partial charge in [-0.05, 0) is 64.9 Å². The molecule has 0 fully saturated rings. The molecule has 0 saturated carbocycles. The van der Waals surface area contributed by atoms with Crippen molar-refractivity contribution >= 4 is 35.9 Å². The van der Waals surface area contributed by atoms with Gasteiger partial charge in [0.05, 0.1) is 21.3 Å². The van der Waals surface area contributed by atoms with Crippen molar-refractivity contribution in [3.63, 3.8) is 0 Å². The average molecular weight is 526 g/mol. The van der Waals surface area contributed by atoms with Crippen LogP contribution in [0.3, 0.4) is 0 Å². The number of ether oxygens (including phenoxy) is 3. The molecule has 0 saturated heterocycles. The third-order valence-electron chi connectivity index (χ3n) is 6.39. The molecule has 1 unspecified atom stereocenters. The molecule has 0 bridgehead atoms. The third-order valence-corrected chi connectivity index (χ3v) is 11.4. The summed E-state index contributed by atoms with van der Waals surface area (Å²) in [5.74, 6) is 1.96. The van der Waals surface area contributed by atoms with Gasteiger partial charge in [0.25, 0.3) is 0 Å². The Hall–Kier alpha value is -1.09. The highest BCUT2D eigenvalue weighted by atomic mass is 127. The number of benzene rings is 2. The maximum atomic E-state index is 9.92. The monoisotopic (exact) mass is 526 g/mol. The fourth-order valence-electron chi connectivity index (χ4n) is 4.66. The molecule has 3 rings (SSSR count). The van der Waals surface area contributed by atoms with Gasteiger partial charge in [-0.25, -0.2) is 0 Å². The molecule has 1 aliphatic rings. The molecule has 4 atom stereocenters. The average Bonchev–Trinajstić information content (AvgIpc) is 2.72. The predicted molar refractivity (Wildman–Crippen MR) is 128 cm³/mol. The quantitative estimate of drug-likeness (QED) is 0.418. The van der Waals surface area contributed by atoms with E-state index >= 15 is 0 Å². The second-order valence-corrected chi connectivity index (χ2v) is 14.4. The number of rotatable bonds is 7. The molecule has 0 radical (unpaired) electrons. The zero-order valence-corrected chi connectivity index (χ0v) is 21.0. The summed E-state index contributed by atoms with van der Waals surface area (Å²) in [5, 5.41) is 11.3. The van der Waals surface area contributed by atoms with Crippen molar-refractivity contribution in [2.45, 2.75) is 44.2 Å². The number of aliphatic hydroxyl groups excluding tert-OH is 1. The molecule has 0 aromatic heterocycles. The standard InChI is InChI=1S/C23H31IO4Si/c1-15-22(27-3)19-14-16(24)6-11-20(19)28-23(15)21(12-13-25)29(4,5)18-9-7-17(26-2)8-10-18/h6-11,14-15,21-23,25H,12-13H2,1-5H3/t15-,21?,22-,23-/m0/s1. The fourth-order valence-corrected chi connectivity index (χ4v) is 8.67. The first-order valence-electron chi connectivity index (χ1n) is 10.1. The molecular weight excluding hydrogens is 495 g/mol. The SMILES string of the molecule is COc1ccc([Si](C)(C)C(CCO)[C@H]2Oc3ccc(I)cc3[C@@H](OC)[C@@H]2C)cc1. The molecular formula is C23H31IO4Si. The van der Waals surface area contributed by atoms with Crippen LogP contribution >= 0.6 is 22.6 Å². The lowest BCUT2D eigenvalue weighted by Gasteiger charge is -2.45. The molecule has 2 aromatic carbocycles. The van der Waals surface area contributed by atoms with Gasteiger partial charge in [-0.15, -0.1) is 0 Å². The smallest absolute Gasteiger partial charge is 0.125 e. The third kappa shape index (κ3) is 4.50. The second kappa shape index (κ2) is 9.37. The zero-order chi connectivity index (χ0) is 21.2. The number of halogens is 1. The van der Waals surface area contributed by atoms with E-state index in [4.69, 9.17) is 14.2 Å². The maximum absolute atomic E-state index is 9.92. The minimum absolute atomic E-state index is 0.0107. The van der Waals surface area contributed by atoms with Crippen LogP contribution in [0.25, 0.3) is 0 Å². The van der Waals surface area contributed by atoms with E-state index in [9.17, 15) is 5.11 Å². The highest BCUT2D eigenvalue weighted by molar-refractivity contribution is 14.1. The van der Waals surface area contributed by atoms with Crippen molar-refractivity contribution in [2.24, 2.45) is 5.92 Å². The van der Waals surface area contributed by atoms with E-state index in [1.54, 1.807) is 14.2 Å². The van der Waals surface area contributed by atoms with Crippen LogP contribution in [0.5, 0.6) is 11.5 Å². The molecule has 0 spiro atoms. The Morgan fingerprint density at radius 2 is 1.83 bits per heavy atom. The minimum Gasteiger partial charge on any atom is -0.497 e. The Morgan fingerprint density at radius 1 is 1.14 bits per heavy atom. The van der Waals surface area contributed by atoms with Gasteiger partial charge in [-0.3, -0.25) is 0 Å². The van der Waals surface area contributed by atoms with Crippen molar-refractivity contribution in [1.82, 2.24) is 0 Å². The molecule has 6 heteroatoms. The van der Waals surface area contributed by atoms with Crippen LogP contribution < -0.4 is 14.7 Å². The highest BCUT2D eigenvalue weighted by Gasteiger charge is 2.46. The lowest BCUT2D eigenvalue weighted by atomic mass is 9.86. The van der Waals surface area contributed by atoms with Crippen LogP contribution in [0.4, 0.5) is 0 Å². The number of hydrogen-bond acceptors (Lipinski definition) is 4. The van der Waals surface area contributed by atoms with Crippen molar-refractivity contribution in [1.29, 1.82) is 0 Å². The summed E-state index contributed by atoms with van der Waals surface area (Å²) >= 11 is 2.33. The number of aliphatic hydroxyl groups is 1. The Balaban J connectivity index is 2.00. The van der Waals surface area contributed by atoms with Gasteiger partial charge in [0.2, 0.25) is 0 Å². The molecule has 0 aliphatic carbocycles. The lowest BCUT2D eigenvalue weighted by molar-refractivity contribution is -0.0242. The first-order chi connectivity index (χ1) is 13.8. The maximum Gasteiger partial charge on any atom is 0.125 e. The predicted octanol–water partition coefficient (Wildman–Crippen LogP) is 4.75. The van der Waals surface area contributed by atoms with Crippen molar-refractivity contribution in [3.8, 4) is 11.5 Å². The molecule has 1 aliphatic heterocycles. The summed E-state index contributed by atoms with van der Waals surface area (Å²) < 4.78 is 19.1. The highest BCUT2D eigenvalue weighted by Crippen LogP contribution is 2.47. The topological polar surface area (TPSA) is 47.9 Å². The summed E-state index contributed by atoms with van der Waals surface area (Å²) in [6, 6.07) is 14.7. The molecule has 2 aromatic rings. The Morgan fingerprint density at radius 3 is 2.41 bits per heavy atom. The van der Waals surface area contributed by atoms with Crippen LogP contribution in [0.2, 0.25) is 18.6 Å². The van der Waals surface area contributed by atoms with E-state index in [0.717, 1.165) is 23.5 Å². The minimum atomic E-state index is -1.97. The van der Waals surface area contributed by atoms with E-state index in [1.165, 1.54) is 8.76 Å². The molecule has 1 heterocycles. The van der Waals surface area contributed by atoms with Gasteiger partial charge in [0.15, 0.2) is 0 Å². The zero-order valence-electron chi connectivity index (χ0n) is 17.8. The second-order valence-electron chi connectivity index (χ2n) is 8.35.